The van der Waals surface area contributed by atoms with E-state index in [2.05, 4.69) is 11.9 Å². The van der Waals surface area contributed by atoms with E-state index < -0.39 is 0 Å². The summed E-state index contributed by atoms with van der Waals surface area (Å²) >= 11 is 5.97. The Morgan fingerprint density at radius 2 is 2.05 bits per heavy atom. The Labute approximate surface area is 127 Å². The third kappa shape index (κ3) is 2.47. The Bertz CT molecular complexity index is 811. The van der Waals surface area contributed by atoms with E-state index in [0.717, 1.165) is 35.4 Å². The normalized spacial score (nSPS) is 11.2. The minimum Gasteiger partial charge on any atom is -0.398 e. The van der Waals surface area contributed by atoms with Crippen molar-refractivity contribution in [3.05, 3.63) is 47.2 Å². The van der Waals surface area contributed by atoms with E-state index in [1.165, 1.54) is 12.1 Å². The summed E-state index contributed by atoms with van der Waals surface area (Å²) in [6, 6.07) is 10.1. The number of hydrogen-bond acceptors (Lipinski definition) is 2. The van der Waals surface area contributed by atoms with Crippen LogP contribution in [0, 0.1) is 5.82 Å². The fraction of sp³-hybridized carbons (Fsp3) is 0.188. The summed E-state index contributed by atoms with van der Waals surface area (Å²) in [7, 11) is 0. The first-order valence-corrected chi connectivity index (χ1v) is 7.19. The molecule has 0 spiro atoms. The van der Waals surface area contributed by atoms with Gasteiger partial charge in [-0.15, -0.1) is 0 Å². The molecule has 3 aromatic rings. The average molecular weight is 304 g/mol. The van der Waals surface area contributed by atoms with Gasteiger partial charge in [-0.3, -0.25) is 0 Å². The number of benzene rings is 2. The molecule has 0 radical (unpaired) electrons. The van der Waals surface area contributed by atoms with Gasteiger partial charge < -0.3 is 10.3 Å². The molecular weight excluding hydrogens is 289 g/mol. The van der Waals surface area contributed by atoms with Crippen LogP contribution in [0.15, 0.2) is 36.4 Å². The Morgan fingerprint density at radius 1 is 1.24 bits per heavy atom. The molecule has 0 atom stereocenters. The molecule has 0 aliphatic carbocycles. The molecule has 3 nitrogen and oxygen atoms in total. The second-order valence-corrected chi connectivity index (χ2v) is 5.36. The Balaban J connectivity index is 2.25. The molecule has 0 saturated carbocycles. The molecule has 0 bridgehead atoms. The maximum absolute atomic E-state index is 13.5. The van der Waals surface area contributed by atoms with Gasteiger partial charge in [-0.2, -0.15) is 0 Å². The fourth-order valence-electron chi connectivity index (χ4n) is 2.45. The Kier molecular flexibility index (Phi) is 3.55. The summed E-state index contributed by atoms with van der Waals surface area (Å²) in [5.41, 5.74) is 8.82. The zero-order valence-corrected chi connectivity index (χ0v) is 12.4. The smallest absolute Gasteiger partial charge is 0.141 e. The van der Waals surface area contributed by atoms with E-state index >= 15 is 0 Å². The molecule has 0 amide bonds. The molecule has 108 valence electrons. The molecule has 0 aliphatic heterocycles. The van der Waals surface area contributed by atoms with Crippen molar-refractivity contribution in [2.75, 3.05) is 5.73 Å². The van der Waals surface area contributed by atoms with Crippen LogP contribution in [0.25, 0.3) is 22.4 Å². The number of nitrogens with zero attached hydrogens (tertiary/aromatic N) is 2. The second-order valence-electron chi connectivity index (χ2n) is 4.96. The number of nitrogen functional groups attached to an aromatic ring is 1. The monoisotopic (exact) mass is 303 g/mol. The molecule has 5 heteroatoms. The van der Waals surface area contributed by atoms with Crippen LogP contribution in [0.3, 0.4) is 0 Å². The topological polar surface area (TPSA) is 43.8 Å². The van der Waals surface area contributed by atoms with Crippen molar-refractivity contribution in [1.82, 2.24) is 9.55 Å². The van der Waals surface area contributed by atoms with Crippen LogP contribution in [0.4, 0.5) is 10.1 Å². The molecule has 0 unspecified atom stereocenters. The number of anilines is 1. The number of nitrogens with two attached hydrogens (primary N) is 1. The number of rotatable bonds is 3. The van der Waals surface area contributed by atoms with Gasteiger partial charge in [0.2, 0.25) is 0 Å². The van der Waals surface area contributed by atoms with Crippen molar-refractivity contribution in [2.45, 2.75) is 19.9 Å². The minimum absolute atomic E-state index is 0.262. The predicted octanol–water partition coefficient (Wildman–Crippen LogP) is 4.49. The lowest BCUT2D eigenvalue weighted by molar-refractivity contribution is 0.627. The third-order valence-corrected chi connectivity index (χ3v) is 3.76. The van der Waals surface area contributed by atoms with Crippen molar-refractivity contribution in [3.63, 3.8) is 0 Å². The first-order chi connectivity index (χ1) is 10.1. The number of fused-ring (bicyclic) bond motifs is 1. The van der Waals surface area contributed by atoms with E-state index in [-0.39, 0.29) is 5.82 Å². The van der Waals surface area contributed by atoms with Crippen LogP contribution in [0.2, 0.25) is 5.02 Å². The Hall–Kier alpha value is -2.07. The van der Waals surface area contributed by atoms with Crippen molar-refractivity contribution >= 4 is 28.3 Å². The summed E-state index contributed by atoms with van der Waals surface area (Å²) in [5, 5.41) is 0.517. The lowest BCUT2D eigenvalue weighted by Crippen LogP contribution is -2.00. The summed E-state index contributed by atoms with van der Waals surface area (Å²) in [6.07, 6.45) is 0.929. The highest BCUT2D eigenvalue weighted by Crippen LogP contribution is 2.29. The summed E-state index contributed by atoms with van der Waals surface area (Å²) < 4.78 is 15.5. The van der Waals surface area contributed by atoms with Gasteiger partial charge in [0.15, 0.2) is 0 Å². The molecule has 3 rings (SSSR count). The minimum atomic E-state index is -0.262. The molecule has 1 aromatic heterocycles. The molecule has 0 saturated heterocycles. The highest BCUT2D eigenvalue weighted by atomic mass is 35.5. The van der Waals surface area contributed by atoms with E-state index in [1.54, 1.807) is 18.2 Å². The molecule has 21 heavy (non-hydrogen) atoms. The van der Waals surface area contributed by atoms with Crippen LogP contribution in [-0.4, -0.2) is 9.55 Å². The highest BCUT2D eigenvalue weighted by Gasteiger charge is 2.13. The van der Waals surface area contributed by atoms with E-state index in [0.29, 0.717) is 10.7 Å². The first kappa shape index (κ1) is 13.9. The number of imidazole rings is 1. The number of aryl methyl sites for hydroxylation is 1. The zero-order valence-electron chi connectivity index (χ0n) is 11.6. The van der Waals surface area contributed by atoms with Gasteiger partial charge in [0, 0.05) is 12.1 Å². The van der Waals surface area contributed by atoms with E-state index in [9.17, 15) is 4.39 Å². The van der Waals surface area contributed by atoms with Gasteiger partial charge >= 0.3 is 0 Å². The maximum atomic E-state index is 13.5. The quantitative estimate of drug-likeness (QED) is 0.725. The van der Waals surface area contributed by atoms with Gasteiger partial charge in [0.1, 0.15) is 11.6 Å². The van der Waals surface area contributed by atoms with Gasteiger partial charge in [-0.25, -0.2) is 9.37 Å². The van der Waals surface area contributed by atoms with Gasteiger partial charge in [-0.05, 0) is 42.8 Å². The highest BCUT2D eigenvalue weighted by molar-refractivity contribution is 6.33. The zero-order chi connectivity index (χ0) is 15.0. The molecule has 0 aliphatic rings. The number of aromatic nitrogens is 2. The number of hydrogen-bond donors (Lipinski definition) is 1. The van der Waals surface area contributed by atoms with Crippen molar-refractivity contribution in [3.8, 4) is 11.4 Å². The molecule has 2 aromatic carbocycles. The lowest BCUT2D eigenvalue weighted by Gasteiger charge is -2.09. The lowest BCUT2D eigenvalue weighted by atomic mass is 10.2. The van der Waals surface area contributed by atoms with Crippen molar-refractivity contribution < 1.29 is 4.39 Å². The van der Waals surface area contributed by atoms with Crippen LogP contribution < -0.4 is 5.73 Å². The number of halogens is 2. The second kappa shape index (κ2) is 5.37. The summed E-state index contributed by atoms with van der Waals surface area (Å²) in [6.45, 7) is 2.84. The standard InChI is InChI=1S/C16H15ClFN3/c1-2-7-21-15-9-11(18)4-6-14(15)20-16(21)10-3-5-12(17)13(19)8-10/h3-6,8-9H,2,7,19H2,1H3. The largest absolute Gasteiger partial charge is 0.398 e. The van der Waals surface area contributed by atoms with Crippen LogP contribution in [-0.2, 0) is 6.54 Å². The Morgan fingerprint density at radius 3 is 2.76 bits per heavy atom. The average Bonchev–Trinajstić information content (AvgIpc) is 2.81. The third-order valence-electron chi connectivity index (χ3n) is 3.41. The van der Waals surface area contributed by atoms with E-state index in [4.69, 9.17) is 17.3 Å². The fourth-order valence-corrected chi connectivity index (χ4v) is 2.57. The molecule has 2 N–H and O–H groups in total. The SMILES string of the molecule is CCCn1c(-c2ccc(Cl)c(N)c2)nc2ccc(F)cc21. The van der Waals surface area contributed by atoms with Gasteiger partial charge in [-0.1, -0.05) is 18.5 Å². The van der Waals surface area contributed by atoms with Crippen molar-refractivity contribution in [2.24, 2.45) is 0 Å². The summed E-state index contributed by atoms with van der Waals surface area (Å²) in [4.78, 5) is 4.61. The molecular formula is C16H15ClFN3. The van der Waals surface area contributed by atoms with Gasteiger partial charge in [0.05, 0.1) is 21.7 Å². The van der Waals surface area contributed by atoms with Crippen molar-refractivity contribution in [1.29, 1.82) is 0 Å². The predicted molar refractivity (Wildman–Crippen MR) is 84.8 cm³/mol. The molecule has 1 heterocycles. The maximum Gasteiger partial charge on any atom is 0.141 e. The molecule has 0 fully saturated rings. The summed E-state index contributed by atoms with van der Waals surface area (Å²) in [5.74, 6) is 0.516. The van der Waals surface area contributed by atoms with Crippen LogP contribution >= 0.6 is 11.6 Å². The van der Waals surface area contributed by atoms with Crippen LogP contribution in [0.5, 0.6) is 0 Å². The van der Waals surface area contributed by atoms with E-state index in [1.807, 2.05) is 10.6 Å². The van der Waals surface area contributed by atoms with Crippen LogP contribution in [0.1, 0.15) is 13.3 Å². The first-order valence-electron chi connectivity index (χ1n) is 6.81. The van der Waals surface area contributed by atoms with Gasteiger partial charge in [0.25, 0.3) is 0 Å².